The number of sulfonamides is 1. The van der Waals surface area contributed by atoms with Crippen LogP contribution < -0.4 is 15.8 Å². The molecule has 0 radical (unpaired) electrons. The van der Waals surface area contributed by atoms with Crippen LogP contribution in [0.25, 0.3) is 0 Å². The lowest BCUT2D eigenvalue weighted by atomic mass is 9.90. The summed E-state index contributed by atoms with van der Waals surface area (Å²) in [6.07, 6.45) is 1.81. The zero-order valence-electron chi connectivity index (χ0n) is 13.9. The maximum Gasteiger partial charge on any atom is 0.287 e. The largest absolute Gasteiger partial charge is 0.455 e. The van der Waals surface area contributed by atoms with E-state index >= 15 is 0 Å². The summed E-state index contributed by atoms with van der Waals surface area (Å²) >= 11 is 0. The third kappa shape index (κ3) is 7.83. The Balaban J connectivity index is 0.00000484. The van der Waals surface area contributed by atoms with E-state index in [0.29, 0.717) is 18.2 Å². The van der Waals surface area contributed by atoms with Crippen molar-refractivity contribution >= 4 is 28.3 Å². The Hall–Kier alpha value is -1.09. The molecule has 1 aromatic heterocycles. The van der Waals surface area contributed by atoms with Crippen LogP contribution >= 0.6 is 12.4 Å². The van der Waals surface area contributed by atoms with Crippen LogP contribution in [0.4, 0.5) is 0 Å². The van der Waals surface area contributed by atoms with E-state index in [1.165, 1.54) is 6.07 Å². The van der Waals surface area contributed by atoms with E-state index in [2.05, 4.69) is 23.9 Å². The van der Waals surface area contributed by atoms with Gasteiger partial charge in [-0.3, -0.25) is 4.79 Å². The molecule has 0 saturated heterocycles. The van der Waals surface area contributed by atoms with Crippen molar-refractivity contribution in [2.75, 3.05) is 12.8 Å². The molecule has 1 unspecified atom stereocenters. The van der Waals surface area contributed by atoms with E-state index in [-0.39, 0.29) is 30.6 Å². The van der Waals surface area contributed by atoms with Crippen LogP contribution in [-0.4, -0.2) is 32.7 Å². The summed E-state index contributed by atoms with van der Waals surface area (Å²) in [6.45, 7) is 6.33. The predicted octanol–water partition coefficient (Wildman–Crippen LogP) is 1.24. The van der Waals surface area contributed by atoms with E-state index in [1.807, 2.05) is 6.92 Å². The minimum absolute atomic E-state index is 0. The Morgan fingerprint density at radius 3 is 2.48 bits per heavy atom. The fourth-order valence-electron chi connectivity index (χ4n) is 2.22. The molecular weight excluding hydrogens is 342 g/mol. The second kappa shape index (κ2) is 8.68. The molecule has 0 bridgehead atoms. The van der Waals surface area contributed by atoms with Crippen molar-refractivity contribution in [1.82, 2.24) is 10.0 Å². The number of nitrogens with two attached hydrogens (primary N) is 1. The van der Waals surface area contributed by atoms with E-state index in [1.54, 1.807) is 6.07 Å². The van der Waals surface area contributed by atoms with Gasteiger partial charge in [-0.1, -0.05) is 13.8 Å². The Labute approximate surface area is 143 Å². The van der Waals surface area contributed by atoms with Gasteiger partial charge in [0.25, 0.3) is 5.91 Å². The summed E-state index contributed by atoms with van der Waals surface area (Å²) in [6, 6.07) is 3.08. The van der Waals surface area contributed by atoms with E-state index in [4.69, 9.17) is 10.2 Å². The van der Waals surface area contributed by atoms with Gasteiger partial charge in [0.1, 0.15) is 5.76 Å². The van der Waals surface area contributed by atoms with Gasteiger partial charge < -0.3 is 15.5 Å². The Morgan fingerprint density at radius 1 is 1.39 bits per heavy atom. The van der Waals surface area contributed by atoms with Gasteiger partial charge in [0, 0.05) is 6.54 Å². The van der Waals surface area contributed by atoms with Crippen molar-refractivity contribution < 1.29 is 17.6 Å². The molecule has 0 aliphatic heterocycles. The average Bonchev–Trinajstić information content (AvgIpc) is 2.83. The van der Waals surface area contributed by atoms with Crippen molar-refractivity contribution in [3.8, 4) is 0 Å². The van der Waals surface area contributed by atoms with Crippen LogP contribution in [0.15, 0.2) is 16.5 Å². The molecule has 1 heterocycles. The van der Waals surface area contributed by atoms with Crippen LogP contribution in [0.1, 0.15) is 43.5 Å². The van der Waals surface area contributed by atoms with Gasteiger partial charge in [-0.25, -0.2) is 13.1 Å². The SMILES string of the molecule is CC(C)CC(C)(CN)NC(=O)c1ccc(CNS(C)(=O)=O)o1.Cl. The highest BCUT2D eigenvalue weighted by atomic mass is 35.5. The molecule has 9 heteroatoms. The highest BCUT2D eigenvalue weighted by molar-refractivity contribution is 7.88. The molecule has 0 aliphatic carbocycles. The fraction of sp³-hybridized carbons (Fsp3) is 0.643. The third-order valence-corrected chi connectivity index (χ3v) is 3.79. The number of hydrogen-bond acceptors (Lipinski definition) is 5. The van der Waals surface area contributed by atoms with Gasteiger partial charge in [-0.15, -0.1) is 12.4 Å². The number of carbonyl (C=O) groups is 1. The first-order valence-electron chi connectivity index (χ1n) is 7.10. The highest BCUT2D eigenvalue weighted by Crippen LogP contribution is 2.17. The molecule has 1 rings (SSSR count). The maximum absolute atomic E-state index is 12.2. The second-order valence-corrected chi connectivity index (χ2v) is 8.01. The van der Waals surface area contributed by atoms with Crippen LogP contribution in [-0.2, 0) is 16.6 Å². The molecule has 4 N–H and O–H groups in total. The van der Waals surface area contributed by atoms with Crippen molar-refractivity contribution in [2.45, 2.75) is 39.3 Å². The van der Waals surface area contributed by atoms with Gasteiger partial charge in [-0.05, 0) is 31.4 Å². The smallest absolute Gasteiger partial charge is 0.287 e. The van der Waals surface area contributed by atoms with Crippen LogP contribution in [0.3, 0.4) is 0 Å². The maximum atomic E-state index is 12.2. The molecule has 1 aromatic rings. The lowest BCUT2D eigenvalue weighted by Gasteiger charge is -2.30. The molecule has 0 spiro atoms. The summed E-state index contributed by atoms with van der Waals surface area (Å²) in [5.41, 5.74) is 5.25. The Morgan fingerprint density at radius 2 is 2.00 bits per heavy atom. The Kier molecular flexibility index (Phi) is 8.26. The molecule has 134 valence electrons. The van der Waals surface area contributed by atoms with Crippen molar-refractivity contribution in [3.05, 3.63) is 23.7 Å². The van der Waals surface area contributed by atoms with Gasteiger partial charge in [-0.2, -0.15) is 0 Å². The number of rotatable bonds is 8. The third-order valence-electron chi connectivity index (χ3n) is 3.12. The second-order valence-electron chi connectivity index (χ2n) is 6.18. The standard InChI is InChI=1S/C14H25N3O4S.ClH/c1-10(2)7-14(3,9-15)17-13(18)12-6-5-11(21-12)8-16-22(4,19)20;/h5-6,10,16H,7-9,15H2,1-4H3,(H,17,18);1H. The van der Waals surface area contributed by atoms with Crippen molar-refractivity contribution in [2.24, 2.45) is 11.7 Å². The molecule has 0 saturated carbocycles. The lowest BCUT2D eigenvalue weighted by molar-refractivity contribution is 0.0867. The zero-order chi connectivity index (χ0) is 17.0. The number of hydrogen-bond donors (Lipinski definition) is 3. The van der Waals surface area contributed by atoms with Gasteiger partial charge in [0.05, 0.1) is 18.3 Å². The van der Waals surface area contributed by atoms with E-state index in [9.17, 15) is 13.2 Å². The normalized spacial score (nSPS) is 14.2. The molecular formula is C14H26ClN3O4S. The first-order chi connectivity index (χ1) is 10.0. The molecule has 7 nitrogen and oxygen atoms in total. The van der Waals surface area contributed by atoms with Crippen LogP contribution in [0.2, 0.25) is 0 Å². The molecule has 1 amide bonds. The quantitative estimate of drug-likeness (QED) is 0.639. The topological polar surface area (TPSA) is 114 Å². The average molecular weight is 368 g/mol. The fourth-order valence-corrected chi connectivity index (χ4v) is 2.62. The molecule has 0 aromatic carbocycles. The lowest BCUT2D eigenvalue weighted by Crippen LogP contribution is -2.52. The number of halogens is 1. The molecule has 23 heavy (non-hydrogen) atoms. The minimum atomic E-state index is -3.31. The van der Waals surface area contributed by atoms with Crippen molar-refractivity contribution in [3.63, 3.8) is 0 Å². The van der Waals surface area contributed by atoms with Crippen LogP contribution in [0, 0.1) is 5.92 Å². The predicted molar refractivity (Wildman–Crippen MR) is 92.0 cm³/mol. The van der Waals surface area contributed by atoms with E-state index < -0.39 is 15.6 Å². The summed E-state index contributed by atoms with van der Waals surface area (Å²) < 4.78 is 29.7. The highest BCUT2D eigenvalue weighted by Gasteiger charge is 2.27. The first kappa shape index (κ1) is 21.9. The number of nitrogens with one attached hydrogen (secondary N) is 2. The molecule has 0 fully saturated rings. The summed E-state index contributed by atoms with van der Waals surface area (Å²) in [7, 11) is -3.31. The molecule has 0 aliphatic rings. The summed E-state index contributed by atoms with van der Waals surface area (Å²) in [5.74, 6) is 0.529. The first-order valence-corrected chi connectivity index (χ1v) is 9.00. The van der Waals surface area contributed by atoms with E-state index in [0.717, 1.165) is 12.7 Å². The summed E-state index contributed by atoms with van der Waals surface area (Å²) in [5, 5.41) is 2.88. The number of carbonyl (C=O) groups excluding carboxylic acids is 1. The van der Waals surface area contributed by atoms with Gasteiger partial charge in [0.15, 0.2) is 5.76 Å². The van der Waals surface area contributed by atoms with Crippen LogP contribution in [0.5, 0.6) is 0 Å². The van der Waals surface area contributed by atoms with Gasteiger partial charge >= 0.3 is 0 Å². The van der Waals surface area contributed by atoms with Crippen molar-refractivity contribution in [1.29, 1.82) is 0 Å². The zero-order valence-corrected chi connectivity index (χ0v) is 15.5. The number of furan rings is 1. The van der Waals surface area contributed by atoms with Gasteiger partial charge in [0.2, 0.25) is 10.0 Å². The minimum Gasteiger partial charge on any atom is -0.455 e. The Bertz CT molecular complexity index is 615. The summed E-state index contributed by atoms with van der Waals surface area (Å²) in [4.78, 5) is 12.2. The number of amides is 1. The monoisotopic (exact) mass is 367 g/mol. The molecule has 1 atom stereocenters.